The second-order valence-corrected chi connectivity index (χ2v) is 7.45. The number of nitrogens with one attached hydrogen (secondary N) is 1. The van der Waals surface area contributed by atoms with Gasteiger partial charge in [0, 0.05) is 31.0 Å². The quantitative estimate of drug-likeness (QED) is 0.446. The number of hydrogen-bond acceptors (Lipinski definition) is 5. The van der Waals surface area contributed by atoms with Crippen molar-refractivity contribution in [3.8, 4) is 17.2 Å². The molecule has 0 saturated carbocycles. The van der Waals surface area contributed by atoms with Crippen molar-refractivity contribution in [2.75, 3.05) is 44.1 Å². The molecule has 0 atom stereocenters. The number of hydrogen-bond donors (Lipinski definition) is 1. The third kappa shape index (κ3) is 6.17. The first kappa shape index (κ1) is 23.0. The molecule has 32 heavy (non-hydrogen) atoms. The maximum atomic E-state index is 12.8. The van der Waals surface area contributed by atoms with Crippen LogP contribution in [0, 0.1) is 6.92 Å². The van der Waals surface area contributed by atoms with E-state index in [1.165, 1.54) is 0 Å². The Morgan fingerprint density at radius 3 is 2.31 bits per heavy atom. The van der Waals surface area contributed by atoms with Crippen LogP contribution < -0.4 is 24.4 Å². The van der Waals surface area contributed by atoms with Gasteiger partial charge in [-0.3, -0.25) is 4.79 Å². The SMILES string of the molecule is CCOc1cc(C(=O)Nc2ccc(N(C)C)cc2C)ccc1OCCOc1ccccc1. The summed E-state index contributed by atoms with van der Waals surface area (Å²) in [4.78, 5) is 14.9. The number of ether oxygens (including phenoxy) is 3. The first-order valence-corrected chi connectivity index (χ1v) is 10.6. The molecule has 0 radical (unpaired) electrons. The second-order valence-electron chi connectivity index (χ2n) is 7.45. The largest absolute Gasteiger partial charge is 0.490 e. The molecule has 3 aromatic rings. The number of carbonyl (C=O) groups excluding carboxylic acids is 1. The molecule has 0 aromatic heterocycles. The molecule has 3 rings (SSSR count). The Kier molecular flexibility index (Phi) is 7.97. The van der Waals surface area contributed by atoms with Crippen molar-refractivity contribution in [2.24, 2.45) is 0 Å². The number of aryl methyl sites for hydroxylation is 1. The molecule has 0 aliphatic carbocycles. The highest BCUT2D eigenvalue weighted by Gasteiger charge is 2.13. The molecule has 0 heterocycles. The molecule has 6 heteroatoms. The standard InChI is InChI=1S/C26H30N2O4/c1-5-30-25-18-20(26(29)27-23-13-12-21(28(3)4)17-19(23)2)11-14-24(25)32-16-15-31-22-9-7-6-8-10-22/h6-14,17-18H,5,15-16H2,1-4H3,(H,27,29). The van der Waals surface area contributed by atoms with E-state index in [0.717, 1.165) is 22.7 Å². The van der Waals surface area contributed by atoms with Gasteiger partial charge in [0.1, 0.15) is 19.0 Å². The van der Waals surface area contributed by atoms with Gasteiger partial charge >= 0.3 is 0 Å². The van der Waals surface area contributed by atoms with E-state index in [1.807, 2.05) is 81.4 Å². The second kappa shape index (κ2) is 11.1. The van der Waals surface area contributed by atoms with Crippen LogP contribution in [0.4, 0.5) is 11.4 Å². The van der Waals surface area contributed by atoms with Gasteiger partial charge in [-0.1, -0.05) is 18.2 Å². The van der Waals surface area contributed by atoms with E-state index in [2.05, 4.69) is 5.32 Å². The van der Waals surface area contributed by atoms with E-state index in [4.69, 9.17) is 14.2 Å². The van der Waals surface area contributed by atoms with Crippen LogP contribution in [-0.4, -0.2) is 39.8 Å². The Balaban J connectivity index is 1.64. The molecule has 1 N–H and O–H groups in total. The van der Waals surface area contributed by atoms with Gasteiger partial charge in [-0.25, -0.2) is 0 Å². The lowest BCUT2D eigenvalue weighted by Crippen LogP contribution is -2.14. The molecular weight excluding hydrogens is 404 g/mol. The summed E-state index contributed by atoms with van der Waals surface area (Å²) in [5.74, 6) is 1.69. The predicted octanol–water partition coefficient (Wildman–Crippen LogP) is 5.17. The van der Waals surface area contributed by atoms with Gasteiger partial charge in [0.15, 0.2) is 11.5 Å². The number of anilines is 2. The fraction of sp³-hybridized carbons (Fsp3) is 0.269. The number of amides is 1. The van der Waals surface area contributed by atoms with Gasteiger partial charge in [0.25, 0.3) is 5.91 Å². The van der Waals surface area contributed by atoms with Gasteiger partial charge in [-0.05, 0) is 67.9 Å². The van der Waals surface area contributed by atoms with Crippen LogP contribution >= 0.6 is 0 Å². The summed E-state index contributed by atoms with van der Waals surface area (Å²) in [7, 11) is 3.97. The lowest BCUT2D eigenvalue weighted by atomic mass is 10.1. The molecule has 1 amide bonds. The van der Waals surface area contributed by atoms with Gasteiger partial charge in [0.2, 0.25) is 0 Å². The van der Waals surface area contributed by atoms with Crippen molar-refractivity contribution in [3.63, 3.8) is 0 Å². The Morgan fingerprint density at radius 1 is 0.875 bits per heavy atom. The Hall–Kier alpha value is -3.67. The molecule has 168 valence electrons. The zero-order chi connectivity index (χ0) is 22.9. The highest BCUT2D eigenvalue weighted by molar-refractivity contribution is 6.05. The van der Waals surface area contributed by atoms with Crippen LogP contribution in [0.15, 0.2) is 66.7 Å². The maximum absolute atomic E-state index is 12.8. The van der Waals surface area contributed by atoms with Crippen molar-refractivity contribution in [2.45, 2.75) is 13.8 Å². The van der Waals surface area contributed by atoms with Crippen LogP contribution in [0.1, 0.15) is 22.8 Å². The lowest BCUT2D eigenvalue weighted by Gasteiger charge is -2.16. The first-order chi connectivity index (χ1) is 15.5. The number of para-hydroxylation sites is 1. The molecular formula is C26H30N2O4. The number of nitrogens with zero attached hydrogens (tertiary/aromatic N) is 1. The van der Waals surface area contributed by atoms with E-state index >= 15 is 0 Å². The zero-order valence-corrected chi connectivity index (χ0v) is 19.1. The van der Waals surface area contributed by atoms with Crippen LogP contribution in [-0.2, 0) is 0 Å². The summed E-state index contributed by atoms with van der Waals surface area (Å²) in [5, 5.41) is 2.98. The highest BCUT2D eigenvalue weighted by Crippen LogP contribution is 2.29. The van der Waals surface area contributed by atoms with Gasteiger partial charge in [0.05, 0.1) is 6.61 Å². The van der Waals surface area contributed by atoms with Crippen molar-refractivity contribution in [1.82, 2.24) is 0 Å². The van der Waals surface area contributed by atoms with Crippen LogP contribution in [0.3, 0.4) is 0 Å². The van der Waals surface area contributed by atoms with Crippen molar-refractivity contribution in [1.29, 1.82) is 0 Å². The Bertz CT molecular complexity index is 1040. The molecule has 3 aromatic carbocycles. The Labute approximate surface area is 189 Å². The lowest BCUT2D eigenvalue weighted by molar-refractivity contribution is 0.102. The van der Waals surface area contributed by atoms with Crippen molar-refractivity contribution < 1.29 is 19.0 Å². The number of carbonyl (C=O) groups is 1. The first-order valence-electron chi connectivity index (χ1n) is 10.6. The number of benzene rings is 3. The third-order valence-electron chi connectivity index (χ3n) is 4.83. The smallest absolute Gasteiger partial charge is 0.255 e. The summed E-state index contributed by atoms with van der Waals surface area (Å²) in [5.41, 5.74) is 3.35. The van der Waals surface area contributed by atoms with E-state index in [0.29, 0.717) is 36.9 Å². The fourth-order valence-electron chi connectivity index (χ4n) is 3.13. The zero-order valence-electron chi connectivity index (χ0n) is 19.1. The maximum Gasteiger partial charge on any atom is 0.255 e. The van der Waals surface area contributed by atoms with Crippen LogP contribution in [0.5, 0.6) is 17.2 Å². The van der Waals surface area contributed by atoms with E-state index in [9.17, 15) is 4.79 Å². The van der Waals surface area contributed by atoms with E-state index in [1.54, 1.807) is 18.2 Å². The van der Waals surface area contributed by atoms with Crippen LogP contribution in [0.25, 0.3) is 0 Å². The summed E-state index contributed by atoms with van der Waals surface area (Å²) in [6.45, 7) is 5.10. The van der Waals surface area contributed by atoms with Crippen molar-refractivity contribution in [3.05, 3.63) is 77.9 Å². The van der Waals surface area contributed by atoms with Gasteiger partial charge in [-0.2, -0.15) is 0 Å². The van der Waals surface area contributed by atoms with E-state index < -0.39 is 0 Å². The molecule has 0 unspecified atom stereocenters. The topological polar surface area (TPSA) is 60.0 Å². The summed E-state index contributed by atoms with van der Waals surface area (Å²) < 4.78 is 17.2. The van der Waals surface area contributed by atoms with Crippen molar-refractivity contribution >= 4 is 17.3 Å². The highest BCUT2D eigenvalue weighted by atomic mass is 16.5. The van der Waals surface area contributed by atoms with Gasteiger partial charge in [-0.15, -0.1) is 0 Å². The Morgan fingerprint density at radius 2 is 1.62 bits per heavy atom. The minimum atomic E-state index is -0.203. The molecule has 0 saturated heterocycles. The average Bonchev–Trinajstić information content (AvgIpc) is 2.79. The minimum absolute atomic E-state index is 0.203. The predicted molar refractivity (Wildman–Crippen MR) is 129 cm³/mol. The summed E-state index contributed by atoms with van der Waals surface area (Å²) in [6.07, 6.45) is 0. The molecule has 6 nitrogen and oxygen atoms in total. The monoisotopic (exact) mass is 434 g/mol. The molecule has 0 fully saturated rings. The third-order valence-corrected chi connectivity index (χ3v) is 4.83. The molecule has 0 aliphatic heterocycles. The fourth-order valence-corrected chi connectivity index (χ4v) is 3.13. The molecule has 0 spiro atoms. The summed E-state index contributed by atoms with van der Waals surface area (Å²) >= 11 is 0. The van der Waals surface area contributed by atoms with E-state index in [-0.39, 0.29) is 5.91 Å². The number of rotatable bonds is 10. The normalized spacial score (nSPS) is 10.4. The summed E-state index contributed by atoms with van der Waals surface area (Å²) in [6, 6.07) is 20.7. The minimum Gasteiger partial charge on any atom is -0.490 e. The molecule has 0 bridgehead atoms. The average molecular weight is 435 g/mol. The van der Waals surface area contributed by atoms with Crippen LogP contribution in [0.2, 0.25) is 0 Å². The van der Waals surface area contributed by atoms with Gasteiger partial charge < -0.3 is 24.4 Å². The molecule has 0 aliphatic rings.